The monoisotopic (exact) mass is 366 g/mol. The first-order valence-electron chi connectivity index (χ1n) is 8.57. The number of benzene rings is 2. The van der Waals surface area contributed by atoms with Gasteiger partial charge >= 0.3 is 0 Å². The number of aromatic nitrogens is 1. The molecule has 0 radical (unpaired) electrons. The summed E-state index contributed by atoms with van der Waals surface area (Å²) in [6.45, 7) is 4.12. The lowest BCUT2D eigenvalue weighted by Gasteiger charge is -2.06. The van der Waals surface area contributed by atoms with E-state index in [1.54, 1.807) is 7.11 Å². The third kappa shape index (κ3) is 4.29. The third-order valence-corrected chi connectivity index (χ3v) is 4.99. The second kappa shape index (κ2) is 8.15. The Kier molecular flexibility index (Phi) is 5.68. The number of thiazole rings is 1. The Hall–Kier alpha value is -2.66. The van der Waals surface area contributed by atoms with Crippen molar-refractivity contribution in [3.05, 3.63) is 64.5 Å². The van der Waals surface area contributed by atoms with Crippen LogP contribution in [-0.2, 0) is 17.6 Å². The topological polar surface area (TPSA) is 51.2 Å². The van der Waals surface area contributed by atoms with Gasteiger partial charge in [0.05, 0.1) is 19.2 Å². The molecule has 1 aromatic heterocycles. The molecule has 0 unspecified atom stereocenters. The molecule has 0 aliphatic heterocycles. The fourth-order valence-electron chi connectivity index (χ4n) is 2.74. The lowest BCUT2D eigenvalue weighted by Crippen LogP contribution is -2.14. The van der Waals surface area contributed by atoms with Crippen molar-refractivity contribution < 1.29 is 9.53 Å². The summed E-state index contributed by atoms with van der Waals surface area (Å²) in [5.41, 5.74) is 5.19. The van der Waals surface area contributed by atoms with E-state index in [4.69, 9.17) is 4.74 Å². The highest BCUT2D eigenvalue weighted by atomic mass is 32.1. The molecule has 134 valence electrons. The summed E-state index contributed by atoms with van der Waals surface area (Å²) in [5, 5.41) is 5.46. The second-order valence-electron chi connectivity index (χ2n) is 6.12. The minimum atomic E-state index is -0.0546. The first-order valence-corrected chi connectivity index (χ1v) is 9.45. The van der Waals surface area contributed by atoms with Gasteiger partial charge < -0.3 is 10.1 Å². The Morgan fingerprint density at radius 2 is 1.88 bits per heavy atom. The predicted octanol–water partition coefficient (Wildman–Crippen LogP) is 4.87. The van der Waals surface area contributed by atoms with Crippen molar-refractivity contribution in [2.24, 2.45) is 0 Å². The minimum absolute atomic E-state index is 0.0546. The summed E-state index contributed by atoms with van der Waals surface area (Å²) < 4.78 is 5.29. The number of anilines is 1. The van der Waals surface area contributed by atoms with Gasteiger partial charge in [0.15, 0.2) is 5.13 Å². The number of rotatable bonds is 6. The third-order valence-electron chi connectivity index (χ3n) is 4.24. The zero-order valence-electron chi connectivity index (χ0n) is 15.2. The first kappa shape index (κ1) is 18.1. The molecule has 0 spiro atoms. The Morgan fingerprint density at radius 1 is 1.15 bits per heavy atom. The van der Waals surface area contributed by atoms with Gasteiger partial charge in [-0.05, 0) is 48.2 Å². The van der Waals surface area contributed by atoms with Gasteiger partial charge in [-0.3, -0.25) is 4.79 Å². The summed E-state index contributed by atoms with van der Waals surface area (Å²) in [6, 6.07) is 14.1. The Bertz CT molecular complexity index is 901. The van der Waals surface area contributed by atoms with Gasteiger partial charge in [-0.1, -0.05) is 31.2 Å². The molecule has 4 nitrogen and oxygen atoms in total. The molecular weight excluding hydrogens is 344 g/mol. The minimum Gasteiger partial charge on any atom is -0.496 e. The summed E-state index contributed by atoms with van der Waals surface area (Å²) in [7, 11) is 1.66. The summed E-state index contributed by atoms with van der Waals surface area (Å²) >= 11 is 1.43. The average molecular weight is 366 g/mol. The van der Waals surface area contributed by atoms with Crippen LogP contribution in [0.4, 0.5) is 5.13 Å². The molecule has 3 aromatic rings. The van der Waals surface area contributed by atoms with Crippen LogP contribution < -0.4 is 10.1 Å². The molecule has 1 N–H and O–H groups in total. The Labute approximate surface area is 157 Å². The zero-order valence-corrected chi connectivity index (χ0v) is 16.0. The molecule has 26 heavy (non-hydrogen) atoms. The fourth-order valence-corrected chi connectivity index (χ4v) is 3.48. The highest BCUT2D eigenvalue weighted by Crippen LogP contribution is 2.28. The van der Waals surface area contributed by atoms with Crippen molar-refractivity contribution in [3.8, 4) is 17.0 Å². The number of aryl methyl sites for hydroxylation is 2. The van der Waals surface area contributed by atoms with E-state index in [1.165, 1.54) is 16.9 Å². The maximum absolute atomic E-state index is 12.3. The predicted molar refractivity (Wildman–Crippen MR) is 107 cm³/mol. The maximum atomic E-state index is 12.3. The van der Waals surface area contributed by atoms with Crippen LogP contribution in [-0.4, -0.2) is 18.0 Å². The normalized spacial score (nSPS) is 10.6. The Balaban J connectivity index is 1.65. The van der Waals surface area contributed by atoms with E-state index in [2.05, 4.69) is 29.4 Å². The average Bonchev–Trinajstić information content (AvgIpc) is 3.10. The summed E-state index contributed by atoms with van der Waals surface area (Å²) in [4.78, 5) is 16.8. The largest absolute Gasteiger partial charge is 0.496 e. The number of nitrogens with one attached hydrogen (secondary N) is 1. The smallest absolute Gasteiger partial charge is 0.230 e. The maximum Gasteiger partial charge on any atom is 0.230 e. The van der Waals surface area contributed by atoms with Crippen molar-refractivity contribution in [2.45, 2.75) is 26.7 Å². The van der Waals surface area contributed by atoms with Gasteiger partial charge in [-0.2, -0.15) is 0 Å². The van der Waals surface area contributed by atoms with Crippen LogP contribution in [0, 0.1) is 6.92 Å². The number of carbonyl (C=O) groups is 1. The zero-order chi connectivity index (χ0) is 18.5. The summed E-state index contributed by atoms with van der Waals surface area (Å²) in [6.07, 6.45) is 1.35. The van der Waals surface area contributed by atoms with Crippen molar-refractivity contribution in [1.82, 2.24) is 4.98 Å². The van der Waals surface area contributed by atoms with E-state index in [1.807, 2.05) is 42.6 Å². The molecule has 0 saturated carbocycles. The van der Waals surface area contributed by atoms with Crippen LogP contribution in [0.25, 0.3) is 11.3 Å². The molecule has 5 heteroatoms. The highest BCUT2D eigenvalue weighted by molar-refractivity contribution is 7.14. The number of hydrogen-bond acceptors (Lipinski definition) is 4. The number of carbonyl (C=O) groups excluding carboxylic acids is 1. The van der Waals surface area contributed by atoms with Gasteiger partial charge in [-0.15, -0.1) is 11.3 Å². The van der Waals surface area contributed by atoms with Gasteiger partial charge in [0.25, 0.3) is 0 Å². The van der Waals surface area contributed by atoms with Crippen LogP contribution in [0.15, 0.2) is 47.8 Å². The lowest BCUT2D eigenvalue weighted by atomic mass is 10.1. The number of ether oxygens (including phenoxy) is 1. The van der Waals surface area contributed by atoms with Crippen LogP contribution in [0.3, 0.4) is 0 Å². The van der Waals surface area contributed by atoms with E-state index in [9.17, 15) is 4.79 Å². The number of hydrogen-bond donors (Lipinski definition) is 1. The van der Waals surface area contributed by atoms with Gasteiger partial charge in [0, 0.05) is 10.9 Å². The molecule has 2 aromatic carbocycles. The van der Waals surface area contributed by atoms with Gasteiger partial charge in [-0.25, -0.2) is 4.98 Å². The van der Waals surface area contributed by atoms with Crippen molar-refractivity contribution in [2.75, 3.05) is 12.4 Å². The Morgan fingerprint density at radius 3 is 2.54 bits per heavy atom. The molecule has 0 bridgehead atoms. The van der Waals surface area contributed by atoms with E-state index in [0.717, 1.165) is 34.6 Å². The van der Waals surface area contributed by atoms with Crippen molar-refractivity contribution >= 4 is 22.4 Å². The van der Waals surface area contributed by atoms with Crippen LogP contribution in [0.2, 0.25) is 0 Å². The van der Waals surface area contributed by atoms with Crippen LogP contribution >= 0.6 is 11.3 Å². The molecule has 0 atom stereocenters. The summed E-state index contributed by atoms with van der Waals surface area (Å²) in [5.74, 6) is 0.799. The van der Waals surface area contributed by atoms with E-state index < -0.39 is 0 Å². The number of nitrogens with zero attached hydrogens (tertiary/aromatic N) is 1. The van der Waals surface area contributed by atoms with Crippen LogP contribution in [0.1, 0.15) is 23.6 Å². The SMILES string of the molecule is CCc1ccc(CC(=O)Nc2nc(-c3ccc(OC)c(C)c3)cs2)cc1. The molecule has 0 fully saturated rings. The van der Waals surface area contributed by atoms with Crippen molar-refractivity contribution in [1.29, 1.82) is 0 Å². The quantitative estimate of drug-likeness (QED) is 0.677. The van der Waals surface area contributed by atoms with Crippen LogP contribution in [0.5, 0.6) is 5.75 Å². The lowest BCUT2D eigenvalue weighted by molar-refractivity contribution is -0.115. The van der Waals surface area contributed by atoms with Crippen molar-refractivity contribution in [3.63, 3.8) is 0 Å². The molecular formula is C21H22N2O2S. The molecule has 0 saturated heterocycles. The second-order valence-corrected chi connectivity index (χ2v) is 6.98. The molecule has 3 rings (SSSR count). The van der Waals surface area contributed by atoms with E-state index in [0.29, 0.717) is 11.6 Å². The molecule has 1 amide bonds. The number of methoxy groups -OCH3 is 1. The standard InChI is InChI=1S/C21H22N2O2S/c1-4-15-5-7-16(8-6-15)12-20(24)23-21-22-18(13-26-21)17-9-10-19(25-3)14(2)11-17/h5-11,13H,4,12H2,1-3H3,(H,22,23,24). The highest BCUT2D eigenvalue weighted by Gasteiger charge is 2.10. The first-order chi connectivity index (χ1) is 12.6. The number of amides is 1. The van der Waals surface area contributed by atoms with Gasteiger partial charge in [0.1, 0.15) is 5.75 Å². The molecule has 0 aliphatic carbocycles. The molecule has 1 heterocycles. The van der Waals surface area contributed by atoms with Gasteiger partial charge in [0.2, 0.25) is 5.91 Å². The fraction of sp³-hybridized carbons (Fsp3) is 0.238. The molecule has 0 aliphatic rings. The van der Waals surface area contributed by atoms with E-state index in [-0.39, 0.29) is 5.91 Å². The van der Waals surface area contributed by atoms with E-state index >= 15 is 0 Å².